The first-order valence-corrected chi connectivity index (χ1v) is 11.0. The highest BCUT2D eigenvalue weighted by Crippen LogP contribution is 2.33. The van der Waals surface area contributed by atoms with Gasteiger partial charge >= 0.3 is 0 Å². The molecule has 2 N–H and O–H groups in total. The summed E-state index contributed by atoms with van der Waals surface area (Å²) in [7, 11) is 3.64. The largest absolute Gasteiger partial charge is 0.507 e. The Balaban J connectivity index is 0.00000216. The second-order valence-electron chi connectivity index (χ2n) is 10.2. The molecule has 1 aromatic carbocycles. The molecule has 0 spiro atoms. The van der Waals surface area contributed by atoms with Gasteiger partial charge in [0.15, 0.2) is 0 Å². The Morgan fingerprint density at radius 3 is 2.23 bits per heavy atom. The number of rotatable bonds is 4. The quantitative estimate of drug-likeness (QED) is 0.535. The molecule has 0 atom stereocenters. The van der Waals surface area contributed by atoms with E-state index in [-0.39, 0.29) is 53.2 Å². The highest BCUT2D eigenvalue weighted by atomic mass is 35.5. The molecule has 11 heteroatoms. The van der Waals surface area contributed by atoms with Crippen LogP contribution in [0.2, 0.25) is 0 Å². The minimum atomic E-state index is -0.168. The molecule has 0 saturated carbocycles. The summed E-state index contributed by atoms with van der Waals surface area (Å²) in [6.45, 7) is 8.86. The van der Waals surface area contributed by atoms with Crippen LogP contribution in [0.25, 0.3) is 22.5 Å². The van der Waals surface area contributed by atoms with E-state index >= 15 is 0 Å². The molecule has 4 rings (SSSR count). The number of aryl methyl sites for hydroxylation is 1. The lowest BCUT2D eigenvalue weighted by Crippen LogP contribution is -2.62. The molecule has 35 heavy (non-hydrogen) atoms. The molecule has 0 bridgehead atoms. The number of hydrogen-bond donors (Lipinski definition) is 2. The van der Waals surface area contributed by atoms with E-state index < -0.39 is 0 Å². The van der Waals surface area contributed by atoms with Gasteiger partial charge in [0, 0.05) is 48.4 Å². The fraction of sp³-hybridized carbons (Fsp3) is 0.458. The van der Waals surface area contributed by atoms with Gasteiger partial charge in [0.2, 0.25) is 5.95 Å². The van der Waals surface area contributed by atoms with Crippen molar-refractivity contribution in [2.24, 2.45) is 7.05 Å². The molecule has 2 aromatic heterocycles. The monoisotopic (exact) mass is 521 g/mol. The van der Waals surface area contributed by atoms with Gasteiger partial charge in [-0.15, -0.1) is 35.0 Å². The molecule has 3 aromatic rings. The van der Waals surface area contributed by atoms with Crippen molar-refractivity contribution in [3.63, 3.8) is 0 Å². The third kappa shape index (κ3) is 6.28. The van der Waals surface area contributed by atoms with Crippen LogP contribution < -0.4 is 15.8 Å². The third-order valence-electron chi connectivity index (χ3n) is 6.13. The number of aromatic hydroxyl groups is 1. The number of nitrogens with zero attached hydrogens (tertiary/aromatic N) is 6. The van der Waals surface area contributed by atoms with Gasteiger partial charge in [-0.05, 0) is 52.7 Å². The summed E-state index contributed by atoms with van der Waals surface area (Å²) in [6.07, 6.45) is 5.02. The molecule has 1 fully saturated rings. The Kier molecular flexibility index (Phi) is 8.53. The second kappa shape index (κ2) is 10.5. The molecule has 1 aliphatic heterocycles. The number of phenols is 1. The van der Waals surface area contributed by atoms with Crippen LogP contribution in [0.15, 0.2) is 41.6 Å². The van der Waals surface area contributed by atoms with Crippen molar-refractivity contribution < 1.29 is 5.11 Å². The molecule has 3 heterocycles. The number of hydrogen-bond acceptors (Lipinski definition) is 8. The maximum Gasteiger partial charge on any atom is 0.253 e. The van der Waals surface area contributed by atoms with Crippen LogP contribution in [0.1, 0.15) is 40.5 Å². The lowest BCUT2D eigenvalue weighted by molar-refractivity contribution is 0.160. The van der Waals surface area contributed by atoms with Gasteiger partial charge in [-0.3, -0.25) is 4.79 Å². The Hall–Kier alpha value is -2.75. The molecule has 0 amide bonds. The molecule has 1 aliphatic rings. The minimum absolute atomic E-state index is 0. The van der Waals surface area contributed by atoms with Gasteiger partial charge in [-0.25, -0.2) is 9.97 Å². The summed E-state index contributed by atoms with van der Waals surface area (Å²) < 4.78 is 1.39. The van der Waals surface area contributed by atoms with Gasteiger partial charge in [0.1, 0.15) is 11.4 Å². The Morgan fingerprint density at radius 1 is 1.03 bits per heavy atom. The molecule has 9 nitrogen and oxygen atoms in total. The van der Waals surface area contributed by atoms with Crippen molar-refractivity contribution in [1.82, 2.24) is 30.0 Å². The van der Waals surface area contributed by atoms with Crippen molar-refractivity contribution in [2.45, 2.75) is 57.7 Å². The Labute approximate surface area is 217 Å². The number of halogens is 2. The summed E-state index contributed by atoms with van der Waals surface area (Å²) in [6, 6.07) is 6.80. The smallest absolute Gasteiger partial charge is 0.253 e. The predicted molar refractivity (Wildman–Crippen MR) is 143 cm³/mol. The van der Waals surface area contributed by atoms with E-state index in [4.69, 9.17) is 0 Å². The average molecular weight is 522 g/mol. The summed E-state index contributed by atoms with van der Waals surface area (Å²) in [4.78, 5) is 22.8. The average Bonchev–Trinajstić information content (AvgIpc) is 2.73. The number of benzene rings is 1. The number of piperidine rings is 1. The van der Waals surface area contributed by atoms with Crippen LogP contribution in [0.3, 0.4) is 0 Å². The van der Waals surface area contributed by atoms with E-state index in [0.717, 1.165) is 12.8 Å². The highest BCUT2D eigenvalue weighted by Gasteiger charge is 2.39. The van der Waals surface area contributed by atoms with Crippen molar-refractivity contribution >= 4 is 30.8 Å². The van der Waals surface area contributed by atoms with Gasteiger partial charge in [0.05, 0.1) is 18.2 Å². The molecular weight excluding hydrogens is 489 g/mol. The number of anilines is 1. The van der Waals surface area contributed by atoms with Crippen molar-refractivity contribution in [3.05, 3.63) is 47.1 Å². The van der Waals surface area contributed by atoms with Crippen LogP contribution in [-0.4, -0.2) is 54.0 Å². The van der Waals surface area contributed by atoms with E-state index in [1.54, 1.807) is 31.4 Å². The van der Waals surface area contributed by atoms with Crippen molar-refractivity contribution in [1.29, 1.82) is 0 Å². The Morgan fingerprint density at radius 2 is 1.69 bits per heavy atom. The first-order valence-electron chi connectivity index (χ1n) is 11.0. The zero-order chi connectivity index (χ0) is 24.0. The fourth-order valence-corrected chi connectivity index (χ4v) is 4.79. The zero-order valence-corrected chi connectivity index (χ0v) is 22.4. The lowest BCUT2D eigenvalue weighted by atomic mass is 9.79. The molecule has 190 valence electrons. The fourth-order valence-electron chi connectivity index (χ4n) is 4.79. The topological polar surface area (TPSA) is 109 Å². The molecule has 1 saturated heterocycles. The summed E-state index contributed by atoms with van der Waals surface area (Å²) >= 11 is 0. The van der Waals surface area contributed by atoms with E-state index in [1.165, 1.54) is 17.0 Å². The molecule has 0 aliphatic carbocycles. The first-order chi connectivity index (χ1) is 15.4. The van der Waals surface area contributed by atoms with Crippen LogP contribution in [-0.2, 0) is 7.05 Å². The molecule has 0 radical (unpaired) electrons. The normalized spacial score (nSPS) is 16.6. The highest BCUT2D eigenvalue weighted by molar-refractivity contribution is 5.85. The van der Waals surface area contributed by atoms with Gasteiger partial charge in [-0.1, -0.05) is 6.07 Å². The SMILES string of the molecule is CN(c1ncc(-c2ccc(-c3cc(=O)n(C)cn3)cc2O)nn1)C1CC(C)(C)NC(C)(C)C1.Cl.Cl. The maximum absolute atomic E-state index is 11.9. The summed E-state index contributed by atoms with van der Waals surface area (Å²) in [5.41, 5.74) is 1.98. The van der Waals surface area contributed by atoms with Gasteiger partial charge in [-0.2, -0.15) is 0 Å². The predicted octanol–water partition coefficient (Wildman–Crippen LogP) is 3.59. The third-order valence-corrected chi connectivity index (χ3v) is 6.13. The standard InChI is InChI=1S/C24H31N7O2.2ClH/c1-23(2)11-16(12-24(3,4)29-23)31(6)22-25-13-19(27-28-22)17-8-7-15(9-20(17)32)18-10-21(33)30(5)14-26-18;;/h7-10,13-14,16,29,32H,11-12H2,1-6H3;2*1H. The maximum atomic E-state index is 11.9. The first kappa shape index (κ1) is 28.5. The van der Waals surface area contributed by atoms with Crippen molar-refractivity contribution in [2.75, 3.05) is 11.9 Å². The van der Waals surface area contributed by atoms with Crippen LogP contribution in [0.5, 0.6) is 5.75 Å². The number of phenolic OH excluding ortho intramolecular Hbond substituents is 1. The van der Waals surface area contributed by atoms with E-state index in [9.17, 15) is 9.90 Å². The second-order valence-corrected chi connectivity index (χ2v) is 10.2. The van der Waals surface area contributed by atoms with E-state index in [2.05, 4.69) is 58.1 Å². The van der Waals surface area contributed by atoms with E-state index in [0.29, 0.717) is 28.5 Å². The van der Waals surface area contributed by atoms with Gasteiger partial charge in [0.25, 0.3) is 5.56 Å². The van der Waals surface area contributed by atoms with Gasteiger partial charge < -0.3 is 19.9 Å². The Bertz CT molecular complexity index is 1210. The lowest BCUT2D eigenvalue weighted by Gasteiger charge is -2.48. The number of aromatic nitrogens is 5. The van der Waals surface area contributed by atoms with Crippen LogP contribution in [0.4, 0.5) is 5.95 Å². The summed E-state index contributed by atoms with van der Waals surface area (Å²) in [5, 5.41) is 23.0. The minimum Gasteiger partial charge on any atom is -0.507 e. The zero-order valence-electron chi connectivity index (χ0n) is 20.8. The summed E-state index contributed by atoms with van der Waals surface area (Å²) in [5.74, 6) is 0.576. The molecular formula is C24H33Cl2N7O2. The van der Waals surface area contributed by atoms with Crippen LogP contribution >= 0.6 is 24.8 Å². The number of nitrogens with one attached hydrogen (secondary N) is 1. The van der Waals surface area contributed by atoms with Crippen LogP contribution in [0, 0.1) is 0 Å². The van der Waals surface area contributed by atoms with Crippen molar-refractivity contribution in [3.8, 4) is 28.3 Å². The molecule has 0 unspecified atom stereocenters. The van der Waals surface area contributed by atoms with E-state index in [1.807, 2.05) is 7.05 Å².